The third-order valence-corrected chi connectivity index (χ3v) is 6.46. The first-order valence-corrected chi connectivity index (χ1v) is 10.9. The van der Waals surface area contributed by atoms with Crippen molar-refractivity contribution in [3.05, 3.63) is 83.9 Å². The zero-order valence-corrected chi connectivity index (χ0v) is 18.7. The number of rotatable bonds is 8. The monoisotopic (exact) mass is 430 g/mol. The summed E-state index contributed by atoms with van der Waals surface area (Å²) < 4.78 is 11.0. The van der Waals surface area contributed by atoms with Crippen LogP contribution in [-0.4, -0.2) is 38.1 Å². The molecular weight excluding hydrogens is 400 g/mol. The van der Waals surface area contributed by atoms with E-state index >= 15 is 0 Å². The minimum absolute atomic E-state index is 0.228. The Bertz CT molecular complexity index is 1080. The molecule has 1 atom stereocenters. The Morgan fingerprint density at radius 3 is 2.28 bits per heavy atom. The highest BCUT2D eigenvalue weighted by Gasteiger charge is 2.43. The van der Waals surface area contributed by atoms with Gasteiger partial charge in [-0.3, -0.25) is 9.69 Å². The summed E-state index contributed by atoms with van der Waals surface area (Å²) in [5.41, 5.74) is 9.75. The van der Waals surface area contributed by atoms with Gasteiger partial charge in [-0.1, -0.05) is 60.7 Å². The summed E-state index contributed by atoms with van der Waals surface area (Å²) in [5, 5.41) is 0. The van der Waals surface area contributed by atoms with Gasteiger partial charge in [0, 0.05) is 24.2 Å². The number of methoxy groups -OCH3 is 2. The number of ether oxygens (including phenoxy) is 2. The molecule has 2 N–H and O–H groups in total. The Labute approximate surface area is 189 Å². The van der Waals surface area contributed by atoms with E-state index in [1.54, 1.807) is 14.2 Å². The van der Waals surface area contributed by atoms with E-state index in [-0.39, 0.29) is 5.91 Å². The van der Waals surface area contributed by atoms with E-state index in [2.05, 4.69) is 35.2 Å². The van der Waals surface area contributed by atoms with Crippen LogP contribution >= 0.6 is 0 Å². The number of amides is 1. The van der Waals surface area contributed by atoms with Gasteiger partial charge in [-0.2, -0.15) is 0 Å². The summed E-state index contributed by atoms with van der Waals surface area (Å²) in [6, 6.07) is 24.3. The Hall–Kier alpha value is -3.31. The maximum absolute atomic E-state index is 12.6. The van der Waals surface area contributed by atoms with Gasteiger partial charge in [0.25, 0.3) is 0 Å². The van der Waals surface area contributed by atoms with Crippen molar-refractivity contribution in [2.45, 2.75) is 19.4 Å². The number of nitrogens with two attached hydrogens (primary N) is 1. The number of hydrogen-bond acceptors (Lipinski definition) is 4. The minimum atomic E-state index is -0.562. The molecule has 166 valence electrons. The van der Waals surface area contributed by atoms with Crippen molar-refractivity contribution < 1.29 is 14.3 Å². The molecule has 1 fully saturated rings. The fourth-order valence-electron chi connectivity index (χ4n) is 4.68. The van der Waals surface area contributed by atoms with Gasteiger partial charge in [0.05, 0.1) is 19.6 Å². The Kier molecular flexibility index (Phi) is 6.47. The van der Waals surface area contributed by atoms with Crippen LogP contribution in [0.2, 0.25) is 0 Å². The summed E-state index contributed by atoms with van der Waals surface area (Å²) >= 11 is 0. The van der Waals surface area contributed by atoms with Gasteiger partial charge in [0.2, 0.25) is 5.91 Å². The third kappa shape index (κ3) is 4.48. The lowest BCUT2D eigenvalue weighted by molar-refractivity contribution is -0.127. The smallest absolute Gasteiger partial charge is 0.225 e. The van der Waals surface area contributed by atoms with Gasteiger partial charge in [-0.25, -0.2) is 0 Å². The molecule has 1 saturated heterocycles. The van der Waals surface area contributed by atoms with E-state index in [0.29, 0.717) is 13.0 Å². The molecule has 0 saturated carbocycles. The topological polar surface area (TPSA) is 64.8 Å². The second kappa shape index (κ2) is 9.45. The quantitative estimate of drug-likeness (QED) is 0.579. The normalized spacial score (nSPS) is 18.4. The molecule has 0 spiro atoms. The van der Waals surface area contributed by atoms with Crippen LogP contribution in [0.25, 0.3) is 11.1 Å². The van der Waals surface area contributed by atoms with Crippen molar-refractivity contribution in [2.75, 3.05) is 27.3 Å². The highest BCUT2D eigenvalue weighted by molar-refractivity contribution is 5.82. The molecule has 4 rings (SSSR count). The summed E-state index contributed by atoms with van der Waals surface area (Å²) in [5.74, 6) is 1.49. The number of nitrogens with zero attached hydrogens (tertiary/aromatic N) is 1. The Balaban J connectivity index is 1.50. The van der Waals surface area contributed by atoms with Crippen molar-refractivity contribution in [3.8, 4) is 22.6 Å². The lowest BCUT2D eigenvalue weighted by Gasteiger charge is -2.26. The van der Waals surface area contributed by atoms with Crippen molar-refractivity contribution in [1.29, 1.82) is 0 Å². The minimum Gasteiger partial charge on any atom is -0.496 e. The molecule has 0 bridgehead atoms. The molecular formula is C27H30N2O3. The fraction of sp³-hybridized carbons (Fsp3) is 0.296. The van der Waals surface area contributed by atoms with E-state index in [4.69, 9.17) is 15.2 Å². The van der Waals surface area contributed by atoms with E-state index < -0.39 is 5.41 Å². The van der Waals surface area contributed by atoms with E-state index in [0.717, 1.165) is 53.3 Å². The van der Waals surface area contributed by atoms with Gasteiger partial charge >= 0.3 is 0 Å². The molecule has 3 aromatic rings. The first-order chi connectivity index (χ1) is 15.5. The Morgan fingerprint density at radius 1 is 0.938 bits per heavy atom. The molecule has 1 heterocycles. The second-order valence-corrected chi connectivity index (χ2v) is 8.49. The number of benzene rings is 3. The van der Waals surface area contributed by atoms with Crippen molar-refractivity contribution in [1.82, 2.24) is 4.90 Å². The van der Waals surface area contributed by atoms with Crippen molar-refractivity contribution >= 4 is 5.91 Å². The van der Waals surface area contributed by atoms with Crippen LogP contribution in [0.15, 0.2) is 72.8 Å². The predicted octanol–water partition coefficient (Wildman–Crippen LogP) is 4.29. The molecule has 5 heteroatoms. The fourth-order valence-corrected chi connectivity index (χ4v) is 4.68. The van der Waals surface area contributed by atoms with Gasteiger partial charge in [-0.05, 0) is 42.6 Å². The molecule has 1 aliphatic heterocycles. The molecule has 0 radical (unpaired) electrons. The van der Waals surface area contributed by atoms with Crippen LogP contribution in [0.3, 0.4) is 0 Å². The van der Waals surface area contributed by atoms with E-state index in [9.17, 15) is 4.79 Å². The molecule has 32 heavy (non-hydrogen) atoms. The van der Waals surface area contributed by atoms with E-state index in [1.165, 1.54) is 0 Å². The van der Waals surface area contributed by atoms with Crippen LogP contribution in [0.5, 0.6) is 11.5 Å². The lowest BCUT2D eigenvalue weighted by atomic mass is 9.80. The predicted molar refractivity (Wildman–Crippen MR) is 127 cm³/mol. The summed E-state index contributed by atoms with van der Waals surface area (Å²) in [4.78, 5) is 14.9. The molecule has 1 aliphatic rings. The van der Waals surface area contributed by atoms with Gasteiger partial charge in [0.15, 0.2) is 0 Å². The first-order valence-electron chi connectivity index (χ1n) is 10.9. The molecule has 5 nitrogen and oxygen atoms in total. The highest BCUT2D eigenvalue weighted by atomic mass is 16.5. The van der Waals surface area contributed by atoms with Crippen LogP contribution < -0.4 is 15.2 Å². The number of para-hydroxylation sites is 2. The number of carbonyl (C=O) groups excluding carboxylic acids is 1. The zero-order chi connectivity index (χ0) is 22.6. The molecule has 3 aromatic carbocycles. The summed E-state index contributed by atoms with van der Waals surface area (Å²) in [7, 11) is 3.37. The lowest BCUT2D eigenvalue weighted by Crippen LogP contribution is -2.41. The summed E-state index contributed by atoms with van der Waals surface area (Å²) in [6.07, 6.45) is 1.39. The highest BCUT2D eigenvalue weighted by Crippen LogP contribution is 2.36. The molecule has 0 aromatic heterocycles. The van der Waals surface area contributed by atoms with Crippen molar-refractivity contribution in [3.63, 3.8) is 0 Å². The van der Waals surface area contributed by atoms with Crippen LogP contribution in [0.4, 0.5) is 0 Å². The van der Waals surface area contributed by atoms with E-state index in [1.807, 2.05) is 42.5 Å². The average Bonchev–Trinajstić information content (AvgIpc) is 3.23. The number of hydrogen-bond donors (Lipinski definition) is 1. The number of carbonyl (C=O) groups is 1. The van der Waals surface area contributed by atoms with Gasteiger partial charge in [0.1, 0.15) is 11.5 Å². The zero-order valence-electron chi connectivity index (χ0n) is 18.7. The molecule has 0 unspecified atom stereocenters. The third-order valence-electron chi connectivity index (χ3n) is 6.46. The number of likely N-dealkylation sites (tertiary alicyclic amines) is 1. The maximum Gasteiger partial charge on any atom is 0.225 e. The Morgan fingerprint density at radius 2 is 1.59 bits per heavy atom. The summed E-state index contributed by atoms with van der Waals surface area (Å²) in [6.45, 7) is 2.22. The standard InChI is InChI=1S/C27H30N2O3/c1-31-24-9-5-3-7-22(24)18-29-16-15-27(19-29,26(28)30)17-20-11-13-21(14-12-20)23-8-4-6-10-25(23)32-2/h3-14H,15-19H2,1-2H3,(H2,28,30)/t27-/m1/s1. The van der Waals surface area contributed by atoms with Crippen LogP contribution in [0, 0.1) is 5.41 Å². The molecule has 1 amide bonds. The van der Waals surface area contributed by atoms with Gasteiger partial charge < -0.3 is 15.2 Å². The van der Waals surface area contributed by atoms with Crippen molar-refractivity contribution in [2.24, 2.45) is 11.1 Å². The largest absolute Gasteiger partial charge is 0.496 e. The van der Waals surface area contributed by atoms with Crippen LogP contribution in [0.1, 0.15) is 17.5 Å². The second-order valence-electron chi connectivity index (χ2n) is 8.49. The van der Waals surface area contributed by atoms with Gasteiger partial charge in [-0.15, -0.1) is 0 Å². The SMILES string of the molecule is COc1ccccc1CN1CC[C@](Cc2ccc(-c3ccccc3OC)cc2)(C(N)=O)C1. The first kappa shape index (κ1) is 21.9. The maximum atomic E-state index is 12.6. The number of primary amides is 1. The average molecular weight is 431 g/mol. The van der Waals surface area contributed by atoms with Crippen LogP contribution in [-0.2, 0) is 17.8 Å². The molecule has 0 aliphatic carbocycles.